The maximum absolute atomic E-state index is 2.26. The Kier molecular flexibility index (Phi) is 11.1. The van der Waals surface area contributed by atoms with E-state index in [2.05, 4.69) is 32.1 Å². The minimum atomic E-state index is 0. The number of rotatable bonds is 0. The fraction of sp³-hybridized carbons (Fsp3) is 0.429. The minimum Gasteiger partial charge on any atom is -1.00 e. The van der Waals surface area contributed by atoms with Crippen LogP contribution in [0.25, 0.3) is 0 Å². The predicted octanol–water partition coefficient (Wildman–Crippen LogP) is -6.76. The SMILES string of the molecule is CC1=CC=C[C]1(C)[Zr+3].[Cl-].[Cl-].[Cl-]. The quantitative estimate of drug-likeness (QED) is 0.416. The average Bonchev–Trinajstić information content (AvgIpc) is 1.86. The van der Waals surface area contributed by atoms with Crippen molar-refractivity contribution in [2.24, 2.45) is 0 Å². The van der Waals surface area contributed by atoms with E-state index in [4.69, 9.17) is 0 Å². The van der Waals surface area contributed by atoms with E-state index in [0.717, 1.165) is 0 Å². The molecule has 1 aliphatic rings. The largest absolute Gasteiger partial charge is 1.00 e. The van der Waals surface area contributed by atoms with Gasteiger partial charge in [-0.05, 0) is 0 Å². The van der Waals surface area contributed by atoms with Crippen LogP contribution < -0.4 is 37.2 Å². The van der Waals surface area contributed by atoms with Gasteiger partial charge in [0.1, 0.15) is 0 Å². The Bertz CT molecular complexity index is 161. The van der Waals surface area contributed by atoms with Gasteiger partial charge < -0.3 is 37.2 Å². The average molecular weight is 291 g/mol. The van der Waals surface area contributed by atoms with Gasteiger partial charge in [-0.25, -0.2) is 0 Å². The summed E-state index contributed by atoms with van der Waals surface area (Å²) < 4.78 is 0.423. The number of halogens is 3. The van der Waals surface area contributed by atoms with Crippen molar-refractivity contribution in [3.8, 4) is 0 Å². The molecule has 0 N–H and O–H groups in total. The van der Waals surface area contributed by atoms with Gasteiger partial charge in [0, 0.05) is 0 Å². The molecule has 1 aliphatic carbocycles. The Hall–Kier alpha value is 1.23. The van der Waals surface area contributed by atoms with Crippen LogP contribution in [0.15, 0.2) is 23.8 Å². The van der Waals surface area contributed by atoms with Crippen molar-refractivity contribution < 1.29 is 61.9 Å². The van der Waals surface area contributed by atoms with E-state index >= 15 is 0 Å². The van der Waals surface area contributed by atoms with Crippen molar-refractivity contribution in [2.75, 3.05) is 0 Å². The first kappa shape index (κ1) is 18.1. The molecule has 1 atom stereocenters. The number of hydrogen-bond acceptors (Lipinski definition) is 0. The monoisotopic (exact) mass is 288 g/mol. The Morgan fingerprint density at radius 1 is 1.27 bits per heavy atom. The van der Waals surface area contributed by atoms with Crippen LogP contribution in [0.5, 0.6) is 0 Å². The molecule has 0 aromatic heterocycles. The summed E-state index contributed by atoms with van der Waals surface area (Å²) in [6.07, 6.45) is 6.60. The molecule has 0 spiro atoms. The Labute approximate surface area is 102 Å². The standard InChI is InChI=1S/C7H9.3ClH.Zr/c1-6-4-3-5-7(6)2;;;;/h3-5H,1-2H3;3*1H;/q;;;;+3/p-3. The molecule has 0 aliphatic heterocycles. The van der Waals surface area contributed by atoms with Gasteiger partial charge in [0.05, 0.1) is 0 Å². The molecule has 0 aromatic rings. The van der Waals surface area contributed by atoms with Crippen LogP contribution in [-0.2, 0) is 24.7 Å². The number of allylic oxidation sites excluding steroid dienone is 4. The Morgan fingerprint density at radius 2 is 1.73 bits per heavy atom. The van der Waals surface area contributed by atoms with E-state index in [1.165, 1.54) is 5.57 Å². The van der Waals surface area contributed by atoms with Crippen LogP contribution in [-0.4, -0.2) is 0 Å². The van der Waals surface area contributed by atoms with Crippen molar-refractivity contribution in [3.63, 3.8) is 0 Å². The smallest absolute Gasteiger partial charge is 1.00 e. The minimum absolute atomic E-state index is 0. The van der Waals surface area contributed by atoms with E-state index in [1.807, 2.05) is 0 Å². The van der Waals surface area contributed by atoms with E-state index in [0.29, 0.717) is 3.12 Å². The second kappa shape index (κ2) is 6.72. The van der Waals surface area contributed by atoms with Gasteiger partial charge in [0.2, 0.25) is 0 Å². The normalized spacial score (nSPS) is 26.0. The molecule has 0 nitrogen and oxygen atoms in total. The fourth-order valence-electron chi connectivity index (χ4n) is 0.689. The molecule has 1 rings (SSSR count). The van der Waals surface area contributed by atoms with Crippen LogP contribution in [0.2, 0.25) is 3.12 Å². The van der Waals surface area contributed by atoms with Crippen LogP contribution in [0.4, 0.5) is 0 Å². The van der Waals surface area contributed by atoms with E-state index in [9.17, 15) is 0 Å². The van der Waals surface area contributed by atoms with Crippen LogP contribution in [0.3, 0.4) is 0 Å². The molecule has 0 aromatic carbocycles. The summed E-state index contributed by atoms with van der Waals surface area (Å²) in [6.45, 7) is 4.45. The Morgan fingerprint density at radius 3 is 1.82 bits per heavy atom. The third kappa shape index (κ3) is 4.73. The van der Waals surface area contributed by atoms with Gasteiger partial charge in [-0.1, -0.05) is 0 Å². The molecule has 0 radical (unpaired) electrons. The molecule has 0 heterocycles. The summed E-state index contributed by atoms with van der Waals surface area (Å²) in [4.78, 5) is 0. The van der Waals surface area contributed by atoms with Gasteiger partial charge in [0.25, 0.3) is 0 Å². The van der Waals surface area contributed by atoms with Crippen molar-refractivity contribution in [1.82, 2.24) is 0 Å². The molecule has 1 unspecified atom stereocenters. The zero-order valence-electron chi connectivity index (χ0n) is 6.37. The van der Waals surface area contributed by atoms with Crippen LogP contribution in [0.1, 0.15) is 13.8 Å². The first-order chi connectivity index (χ1) is 3.63. The zero-order valence-corrected chi connectivity index (χ0v) is 11.1. The van der Waals surface area contributed by atoms with Gasteiger partial charge >= 0.3 is 65.5 Å². The zero-order chi connectivity index (χ0) is 6.20. The van der Waals surface area contributed by atoms with E-state index in [-0.39, 0.29) is 37.2 Å². The molecule has 0 amide bonds. The fourth-order valence-corrected chi connectivity index (χ4v) is 1.13. The van der Waals surface area contributed by atoms with E-state index in [1.54, 1.807) is 24.7 Å². The molecule has 0 saturated carbocycles. The maximum atomic E-state index is 2.26. The van der Waals surface area contributed by atoms with Crippen LogP contribution in [0, 0.1) is 0 Å². The van der Waals surface area contributed by atoms with Crippen molar-refractivity contribution in [1.29, 1.82) is 0 Å². The number of hydrogen-bond donors (Lipinski definition) is 0. The Balaban J connectivity index is -0.000000213. The molecule has 0 saturated heterocycles. The molecule has 11 heavy (non-hydrogen) atoms. The molecule has 0 fully saturated rings. The molecular formula is C7H9Cl3Zr. The van der Waals surface area contributed by atoms with E-state index < -0.39 is 0 Å². The topological polar surface area (TPSA) is 0 Å². The third-order valence-corrected chi connectivity index (χ3v) is 2.97. The first-order valence-electron chi connectivity index (χ1n) is 2.74. The van der Waals surface area contributed by atoms with Crippen LogP contribution >= 0.6 is 0 Å². The maximum Gasteiger partial charge on any atom is -1.00 e. The molecule has 4 heteroatoms. The summed E-state index contributed by atoms with van der Waals surface area (Å²) in [5.74, 6) is 0. The second-order valence-electron chi connectivity index (χ2n) is 2.41. The van der Waals surface area contributed by atoms with Gasteiger partial charge in [-0.2, -0.15) is 0 Å². The van der Waals surface area contributed by atoms with Crippen molar-refractivity contribution in [3.05, 3.63) is 23.8 Å². The van der Waals surface area contributed by atoms with Gasteiger partial charge in [-0.3, -0.25) is 0 Å². The molecular weight excluding hydrogens is 282 g/mol. The second-order valence-corrected chi connectivity index (χ2v) is 4.96. The molecule has 0 bridgehead atoms. The van der Waals surface area contributed by atoms with Gasteiger partial charge in [0.15, 0.2) is 0 Å². The molecule has 62 valence electrons. The first-order valence-corrected chi connectivity index (χ1v) is 3.97. The summed E-state index contributed by atoms with van der Waals surface area (Å²) in [5.41, 5.74) is 1.50. The summed E-state index contributed by atoms with van der Waals surface area (Å²) >= 11 is 1.59. The summed E-state index contributed by atoms with van der Waals surface area (Å²) in [7, 11) is 0. The predicted molar refractivity (Wildman–Crippen MR) is 31.3 cm³/mol. The summed E-state index contributed by atoms with van der Waals surface area (Å²) in [6, 6.07) is 0. The third-order valence-electron chi connectivity index (χ3n) is 1.59. The summed E-state index contributed by atoms with van der Waals surface area (Å²) in [5, 5.41) is 0. The van der Waals surface area contributed by atoms with Crippen molar-refractivity contribution in [2.45, 2.75) is 17.0 Å². The van der Waals surface area contributed by atoms with Gasteiger partial charge in [-0.15, -0.1) is 0 Å². The van der Waals surface area contributed by atoms with Crippen molar-refractivity contribution >= 4 is 0 Å².